The van der Waals surface area contributed by atoms with E-state index in [1.54, 1.807) is 6.92 Å². The van der Waals surface area contributed by atoms with E-state index in [-0.39, 0.29) is 12.6 Å². The maximum atomic E-state index is 11.7. The number of carbonyl (C=O) groups is 1. The van der Waals surface area contributed by atoms with Crippen molar-refractivity contribution < 1.29 is 9.90 Å². The van der Waals surface area contributed by atoms with Gasteiger partial charge in [-0.05, 0) is 50.9 Å². The third-order valence-electron chi connectivity index (χ3n) is 7.71. The second-order valence-electron chi connectivity index (χ2n) is 9.92. The van der Waals surface area contributed by atoms with Gasteiger partial charge in [0.15, 0.2) is 0 Å². The first kappa shape index (κ1) is 20.7. The lowest BCUT2D eigenvalue weighted by Gasteiger charge is -2.57. The van der Waals surface area contributed by atoms with Crippen LogP contribution in [0.25, 0.3) is 0 Å². The van der Waals surface area contributed by atoms with E-state index in [1.807, 2.05) is 12.4 Å². The predicted molar refractivity (Wildman–Crippen MR) is 114 cm³/mol. The van der Waals surface area contributed by atoms with E-state index < -0.39 is 0 Å². The molecule has 1 aromatic rings. The second-order valence-corrected chi connectivity index (χ2v) is 9.92. The molecule has 0 bridgehead atoms. The molecule has 6 heteroatoms. The van der Waals surface area contributed by atoms with Gasteiger partial charge >= 0.3 is 0 Å². The number of hydrogen-bond donors (Lipinski definition) is 1. The van der Waals surface area contributed by atoms with Crippen LogP contribution in [0, 0.1) is 11.3 Å². The van der Waals surface area contributed by atoms with Gasteiger partial charge in [0.2, 0.25) is 0 Å². The molecular formula is C23H36N4O2. The molecule has 2 saturated carbocycles. The number of rotatable bonds is 5. The summed E-state index contributed by atoms with van der Waals surface area (Å²) >= 11 is 0. The highest BCUT2D eigenvalue weighted by Gasteiger charge is 2.50. The van der Waals surface area contributed by atoms with Crippen LogP contribution < -0.4 is 4.90 Å². The molecule has 0 aromatic carbocycles. The molecule has 29 heavy (non-hydrogen) atoms. The molecule has 1 unspecified atom stereocenters. The van der Waals surface area contributed by atoms with Crippen LogP contribution in [0.5, 0.6) is 0 Å². The van der Waals surface area contributed by atoms with Crippen LogP contribution in [0.1, 0.15) is 71.0 Å². The molecule has 1 aliphatic heterocycles. The molecule has 160 valence electrons. The Bertz CT molecular complexity index is 704. The van der Waals surface area contributed by atoms with Gasteiger partial charge in [0.25, 0.3) is 0 Å². The second kappa shape index (κ2) is 8.31. The van der Waals surface area contributed by atoms with Crippen molar-refractivity contribution in [3.63, 3.8) is 0 Å². The molecule has 3 fully saturated rings. The minimum Gasteiger partial charge on any atom is -0.395 e. The van der Waals surface area contributed by atoms with Crippen LogP contribution in [0.15, 0.2) is 12.4 Å². The molecule has 1 atom stereocenters. The van der Waals surface area contributed by atoms with Crippen molar-refractivity contribution in [1.82, 2.24) is 14.9 Å². The molecule has 1 spiro atoms. The number of ketones is 1. The molecular weight excluding hydrogens is 364 g/mol. The predicted octanol–water partition coefficient (Wildman–Crippen LogP) is 3.01. The first-order chi connectivity index (χ1) is 13.9. The van der Waals surface area contributed by atoms with Crippen molar-refractivity contribution in [2.75, 3.05) is 31.1 Å². The highest BCUT2D eigenvalue weighted by atomic mass is 16.3. The maximum absolute atomic E-state index is 11.7. The lowest BCUT2D eigenvalue weighted by atomic mass is 9.56. The van der Waals surface area contributed by atoms with Gasteiger partial charge in [0.05, 0.1) is 30.7 Å². The minimum atomic E-state index is 0.171. The molecule has 6 nitrogen and oxygen atoms in total. The summed E-state index contributed by atoms with van der Waals surface area (Å²) in [5.74, 6) is 1.89. The Morgan fingerprint density at radius 1 is 1.21 bits per heavy atom. The zero-order chi connectivity index (χ0) is 20.6. The lowest BCUT2D eigenvalue weighted by Crippen LogP contribution is -2.63. The Balaban J connectivity index is 1.33. The monoisotopic (exact) mass is 400 g/mol. The Morgan fingerprint density at radius 3 is 2.41 bits per heavy atom. The van der Waals surface area contributed by atoms with E-state index >= 15 is 0 Å². The number of aromatic nitrogens is 2. The Labute approximate surface area is 174 Å². The molecule has 2 heterocycles. The molecule has 0 amide bonds. The number of nitrogens with zero attached hydrogens (tertiary/aromatic N) is 4. The number of aliphatic hydroxyl groups is 1. The van der Waals surface area contributed by atoms with Crippen molar-refractivity contribution in [1.29, 1.82) is 0 Å². The summed E-state index contributed by atoms with van der Waals surface area (Å²) in [6.45, 7) is 8.92. The quantitative estimate of drug-likeness (QED) is 0.819. The van der Waals surface area contributed by atoms with Gasteiger partial charge in [-0.3, -0.25) is 9.69 Å². The van der Waals surface area contributed by atoms with Crippen LogP contribution in [0.4, 0.5) is 5.69 Å². The van der Waals surface area contributed by atoms with Crippen LogP contribution in [0.2, 0.25) is 0 Å². The number of carbonyl (C=O) groups excluding carboxylic acids is 1. The minimum absolute atomic E-state index is 0.171. The van der Waals surface area contributed by atoms with Crippen LogP contribution >= 0.6 is 0 Å². The fourth-order valence-electron chi connectivity index (χ4n) is 5.76. The summed E-state index contributed by atoms with van der Waals surface area (Å²) < 4.78 is 0. The van der Waals surface area contributed by atoms with Crippen molar-refractivity contribution in [3.05, 3.63) is 18.2 Å². The first-order valence-electron chi connectivity index (χ1n) is 11.3. The van der Waals surface area contributed by atoms with Gasteiger partial charge < -0.3 is 10.0 Å². The van der Waals surface area contributed by atoms with Crippen molar-refractivity contribution in [2.24, 2.45) is 11.3 Å². The highest BCUT2D eigenvalue weighted by molar-refractivity contribution is 5.78. The molecule has 0 radical (unpaired) electrons. The zero-order valence-corrected chi connectivity index (χ0v) is 18.2. The van der Waals surface area contributed by atoms with Crippen molar-refractivity contribution in [3.8, 4) is 0 Å². The van der Waals surface area contributed by atoms with Gasteiger partial charge in [-0.25, -0.2) is 9.97 Å². The van der Waals surface area contributed by atoms with Gasteiger partial charge in [0.1, 0.15) is 11.6 Å². The topological polar surface area (TPSA) is 69.6 Å². The van der Waals surface area contributed by atoms with Gasteiger partial charge in [-0.2, -0.15) is 0 Å². The maximum Gasteiger partial charge on any atom is 0.132 e. The summed E-state index contributed by atoms with van der Waals surface area (Å²) in [7, 11) is 0. The van der Waals surface area contributed by atoms with E-state index in [1.165, 1.54) is 25.7 Å². The third-order valence-corrected chi connectivity index (χ3v) is 7.71. The number of piperazine rings is 1. The Hall–Kier alpha value is -1.53. The molecule has 2 aliphatic carbocycles. The van der Waals surface area contributed by atoms with E-state index in [4.69, 9.17) is 0 Å². The summed E-state index contributed by atoms with van der Waals surface area (Å²) in [5, 5.41) is 10.1. The van der Waals surface area contributed by atoms with Crippen LogP contribution in [-0.4, -0.2) is 64.1 Å². The SMILES string of the molecule is CC(=O)C1CCC2(CC1)CC(N1CCN(c3cnc(C(C)C)nc3)CC1CO)C2. The standard InChI is InChI=1S/C23H36N4O2/c1-16(2)22-24-12-20(13-25-22)26-8-9-27(21(14-26)15-28)19-10-23(11-19)6-4-18(5-7-23)17(3)29/h12-13,16,18-19,21,28H,4-11,14-15H2,1-3H3. The average Bonchev–Trinajstić information content (AvgIpc) is 2.71. The zero-order valence-electron chi connectivity index (χ0n) is 18.2. The molecule has 1 N–H and O–H groups in total. The molecule has 3 aliphatic rings. The Kier molecular flexibility index (Phi) is 5.94. The van der Waals surface area contributed by atoms with E-state index in [9.17, 15) is 9.90 Å². The average molecular weight is 401 g/mol. The van der Waals surface area contributed by atoms with Crippen molar-refractivity contribution >= 4 is 11.5 Å². The summed E-state index contributed by atoms with van der Waals surface area (Å²) in [6, 6.07) is 0.757. The number of Topliss-reactive ketones (excluding diaryl/α,β-unsaturated/α-hetero) is 1. The summed E-state index contributed by atoms with van der Waals surface area (Å²) in [4.78, 5) is 25.5. The van der Waals surface area contributed by atoms with Crippen LogP contribution in [-0.2, 0) is 4.79 Å². The fraction of sp³-hybridized carbons (Fsp3) is 0.783. The summed E-state index contributed by atoms with van der Waals surface area (Å²) in [6.07, 6.45) is 10.9. The van der Waals surface area contributed by atoms with E-state index in [0.29, 0.717) is 29.1 Å². The molecule has 1 saturated heterocycles. The Morgan fingerprint density at radius 2 is 1.86 bits per heavy atom. The fourth-order valence-corrected chi connectivity index (χ4v) is 5.76. The van der Waals surface area contributed by atoms with Gasteiger partial charge in [-0.15, -0.1) is 0 Å². The lowest BCUT2D eigenvalue weighted by molar-refractivity contribution is -0.124. The number of aliphatic hydroxyl groups excluding tert-OH is 1. The number of hydrogen-bond acceptors (Lipinski definition) is 6. The number of anilines is 1. The highest BCUT2D eigenvalue weighted by Crippen LogP contribution is 2.54. The normalized spacial score (nSPS) is 33.1. The van der Waals surface area contributed by atoms with Gasteiger partial charge in [-0.1, -0.05) is 13.8 Å². The van der Waals surface area contributed by atoms with Crippen LogP contribution in [0.3, 0.4) is 0 Å². The van der Waals surface area contributed by atoms with Crippen molar-refractivity contribution in [2.45, 2.75) is 77.3 Å². The molecule has 1 aromatic heterocycles. The van der Waals surface area contributed by atoms with Gasteiger partial charge in [0, 0.05) is 37.5 Å². The largest absolute Gasteiger partial charge is 0.395 e. The smallest absolute Gasteiger partial charge is 0.132 e. The third kappa shape index (κ3) is 4.19. The molecule has 4 rings (SSSR count). The van der Waals surface area contributed by atoms with E-state index in [2.05, 4.69) is 33.6 Å². The summed E-state index contributed by atoms with van der Waals surface area (Å²) in [5.41, 5.74) is 1.52. The van der Waals surface area contributed by atoms with E-state index in [0.717, 1.165) is 44.0 Å². The first-order valence-corrected chi connectivity index (χ1v) is 11.3.